The molecule has 21 heavy (non-hydrogen) atoms. The number of likely N-dealkylation sites (N-methyl/N-ethyl adjacent to an activating group) is 1. The van der Waals surface area contributed by atoms with Crippen LogP contribution in [-0.2, 0) is 0 Å². The zero-order chi connectivity index (χ0) is 15.0. The maximum Gasteiger partial charge on any atom is 0.134 e. The molecule has 4 heteroatoms. The second-order valence-electron chi connectivity index (χ2n) is 6.14. The lowest BCUT2D eigenvalue weighted by Crippen LogP contribution is -2.52. The molecule has 1 aliphatic rings. The average Bonchev–Trinajstić information content (AvgIpc) is 2.80. The zero-order valence-electron chi connectivity index (χ0n) is 13.2. The highest BCUT2D eigenvalue weighted by Crippen LogP contribution is 2.33. The van der Waals surface area contributed by atoms with Crippen LogP contribution in [-0.4, -0.2) is 49.1 Å². The topological polar surface area (TPSA) is 45.6 Å². The summed E-state index contributed by atoms with van der Waals surface area (Å²) in [5.74, 6) is 0.998. The lowest BCUT2D eigenvalue weighted by molar-refractivity contribution is 0.0740. The molecular weight excluding hydrogens is 262 g/mol. The van der Waals surface area contributed by atoms with Crippen LogP contribution in [0.15, 0.2) is 28.7 Å². The Morgan fingerprint density at radius 1 is 1.33 bits per heavy atom. The van der Waals surface area contributed by atoms with Crippen molar-refractivity contribution in [2.75, 3.05) is 33.2 Å². The van der Waals surface area contributed by atoms with Crippen LogP contribution < -0.4 is 5.73 Å². The number of piperazine rings is 1. The Morgan fingerprint density at radius 3 is 2.81 bits per heavy atom. The second-order valence-corrected chi connectivity index (χ2v) is 6.14. The predicted molar refractivity (Wildman–Crippen MR) is 86.4 cm³/mol. The third kappa shape index (κ3) is 2.59. The number of para-hydroxylation sites is 1. The van der Waals surface area contributed by atoms with Gasteiger partial charge in [-0.1, -0.05) is 18.2 Å². The highest BCUT2D eigenvalue weighted by molar-refractivity contribution is 5.82. The van der Waals surface area contributed by atoms with Crippen molar-refractivity contribution in [1.29, 1.82) is 0 Å². The van der Waals surface area contributed by atoms with Gasteiger partial charge in [0.2, 0.25) is 0 Å². The molecule has 1 aromatic carbocycles. The highest BCUT2D eigenvalue weighted by Gasteiger charge is 2.29. The number of hydrogen-bond donors (Lipinski definition) is 1. The molecule has 1 saturated heterocycles. The van der Waals surface area contributed by atoms with E-state index in [-0.39, 0.29) is 6.04 Å². The van der Waals surface area contributed by atoms with E-state index < -0.39 is 0 Å². The van der Waals surface area contributed by atoms with Crippen LogP contribution in [0.4, 0.5) is 0 Å². The molecule has 3 rings (SSSR count). The summed E-state index contributed by atoms with van der Waals surface area (Å²) in [6, 6.07) is 9.07. The third-order valence-corrected chi connectivity index (χ3v) is 4.81. The van der Waals surface area contributed by atoms with Gasteiger partial charge in [0.05, 0.1) is 6.04 Å². The van der Waals surface area contributed by atoms with Gasteiger partial charge >= 0.3 is 0 Å². The van der Waals surface area contributed by atoms with E-state index in [1.165, 1.54) is 10.9 Å². The van der Waals surface area contributed by atoms with Crippen LogP contribution in [0.5, 0.6) is 0 Å². The van der Waals surface area contributed by atoms with Gasteiger partial charge in [-0.2, -0.15) is 0 Å². The smallest absolute Gasteiger partial charge is 0.134 e. The van der Waals surface area contributed by atoms with Gasteiger partial charge in [-0.05, 0) is 27.0 Å². The molecule has 1 fully saturated rings. The van der Waals surface area contributed by atoms with Crippen LogP contribution in [0, 0.1) is 6.92 Å². The summed E-state index contributed by atoms with van der Waals surface area (Å²) in [6.45, 7) is 8.16. The largest absolute Gasteiger partial charge is 0.461 e. The number of fused-ring (bicyclic) bond motifs is 1. The molecule has 0 amide bonds. The lowest BCUT2D eigenvalue weighted by Gasteiger charge is -2.41. The molecule has 2 heterocycles. The van der Waals surface area contributed by atoms with Gasteiger partial charge in [0, 0.05) is 43.2 Å². The van der Waals surface area contributed by atoms with Crippen molar-refractivity contribution in [3.63, 3.8) is 0 Å². The van der Waals surface area contributed by atoms with Crippen molar-refractivity contribution in [1.82, 2.24) is 9.80 Å². The molecule has 0 saturated carbocycles. The maximum atomic E-state index is 6.14. The minimum Gasteiger partial charge on any atom is -0.461 e. The number of nitrogens with zero attached hydrogens (tertiary/aromatic N) is 2. The van der Waals surface area contributed by atoms with E-state index >= 15 is 0 Å². The van der Waals surface area contributed by atoms with E-state index in [1.807, 2.05) is 12.1 Å². The molecule has 114 valence electrons. The Hall–Kier alpha value is -1.36. The minimum atomic E-state index is 0.241. The molecule has 0 bridgehead atoms. The summed E-state index contributed by atoms with van der Waals surface area (Å²) in [5, 5.41) is 1.21. The molecule has 0 aliphatic carbocycles. The van der Waals surface area contributed by atoms with Gasteiger partial charge in [-0.15, -0.1) is 0 Å². The van der Waals surface area contributed by atoms with E-state index in [0.717, 1.165) is 31.0 Å². The van der Waals surface area contributed by atoms with Crippen LogP contribution >= 0.6 is 0 Å². The highest BCUT2D eigenvalue weighted by atomic mass is 16.3. The fourth-order valence-corrected chi connectivity index (χ4v) is 3.41. The number of rotatable bonds is 3. The second kappa shape index (κ2) is 5.79. The van der Waals surface area contributed by atoms with Crippen LogP contribution in [0.25, 0.3) is 11.0 Å². The molecule has 2 aromatic rings. The minimum absolute atomic E-state index is 0.241. The lowest BCUT2D eigenvalue weighted by atomic mass is 10.00. The summed E-state index contributed by atoms with van der Waals surface area (Å²) in [4.78, 5) is 4.92. The van der Waals surface area contributed by atoms with Gasteiger partial charge in [-0.25, -0.2) is 0 Å². The first-order valence-electron chi connectivity index (χ1n) is 7.74. The van der Waals surface area contributed by atoms with E-state index in [4.69, 9.17) is 10.2 Å². The quantitative estimate of drug-likeness (QED) is 0.941. The Labute approximate surface area is 126 Å². The van der Waals surface area contributed by atoms with Crippen molar-refractivity contribution >= 4 is 11.0 Å². The molecule has 2 unspecified atom stereocenters. The van der Waals surface area contributed by atoms with E-state index in [1.54, 1.807) is 0 Å². The molecule has 2 N–H and O–H groups in total. The van der Waals surface area contributed by atoms with Gasteiger partial charge in [0.15, 0.2) is 0 Å². The Bertz CT molecular complexity index is 622. The predicted octanol–water partition coefficient (Wildman–Crippen LogP) is 2.38. The first kappa shape index (κ1) is 14.6. The van der Waals surface area contributed by atoms with Crippen LogP contribution in [0.2, 0.25) is 0 Å². The fourth-order valence-electron chi connectivity index (χ4n) is 3.41. The standard InChI is InChI=1S/C17H25N3O/c1-12-11-20(9-8-19(12)3)15(10-18)17-13(2)21-16-7-5-4-6-14(16)17/h4-7,12,15H,8-11,18H2,1-3H3. The molecule has 0 spiro atoms. The van der Waals surface area contributed by atoms with E-state index in [0.29, 0.717) is 12.6 Å². The molecule has 1 aromatic heterocycles. The van der Waals surface area contributed by atoms with Crippen LogP contribution in [0.3, 0.4) is 0 Å². The molecule has 4 nitrogen and oxygen atoms in total. The zero-order valence-corrected chi connectivity index (χ0v) is 13.2. The first-order valence-corrected chi connectivity index (χ1v) is 7.74. The molecular formula is C17H25N3O. The van der Waals surface area contributed by atoms with Crippen molar-refractivity contribution < 1.29 is 4.42 Å². The molecule has 2 atom stereocenters. The Kier molecular flexibility index (Phi) is 4.02. The first-order chi connectivity index (χ1) is 10.1. The number of benzene rings is 1. The monoisotopic (exact) mass is 287 g/mol. The summed E-state index contributed by atoms with van der Waals surface area (Å²) in [7, 11) is 2.19. The molecule has 0 radical (unpaired) electrons. The number of furan rings is 1. The van der Waals surface area contributed by atoms with Crippen molar-refractivity contribution in [3.8, 4) is 0 Å². The SMILES string of the molecule is Cc1oc2ccccc2c1C(CN)N1CCN(C)C(C)C1. The third-order valence-electron chi connectivity index (χ3n) is 4.81. The van der Waals surface area contributed by atoms with Crippen molar-refractivity contribution in [2.45, 2.75) is 25.9 Å². The van der Waals surface area contributed by atoms with Gasteiger partial charge in [-0.3, -0.25) is 4.90 Å². The summed E-state index contributed by atoms with van der Waals surface area (Å²) >= 11 is 0. The summed E-state index contributed by atoms with van der Waals surface area (Å²) in [6.07, 6.45) is 0. The fraction of sp³-hybridized carbons (Fsp3) is 0.529. The van der Waals surface area contributed by atoms with E-state index in [9.17, 15) is 0 Å². The Morgan fingerprint density at radius 2 is 2.10 bits per heavy atom. The van der Waals surface area contributed by atoms with Gasteiger partial charge in [0.25, 0.3) is 0 Å². The number of hydrogen-bond acceptors (Lipinski definition) is 4. The van der Waals surface area contributed by atoms with Gasteiger partial charge in [0.1, 0.15) is 11.3 Å². The Balaban J connectivity index is 1.97. The number of aryl methyl sites for hydroxylation is 1. The maximum absolute atomic E-state index is 6.14. The summed E-state index contributed by atoms with van der Waals surface area (Å²) < 4.78 is 5.93. The number of nitrogens with two attached hydrogens (primary N) is 1. The molecule has 1 aliphatic heterocycles. The van der Waals surface area contributed by atoms with Crippen molar-refractivity contribution in [2.24, 2.45) is 5.73 Å². The normalized spacial score (nSPS) is 22.8. The average molecular weight is 287 g/mol. The summed E-state index contributed by atoms with van der Waals surface area (Å²) in [5.41, 5.74) is 8.37. The van der Waals surface area contributed by atoms with Gasteiger partial charge < -0.3 is 15.1 Å². The van der Waals surface area contributed by atoms with Crippen molar-refractivity contribution in [3.05, 3.63) is 35.6 Å². The van der Waals surface area contributed by atoms with E-state index in [2.05, 4.69) is 42.8 Å². The van der Waals surface area contributed by atoms with Crippen LogP contribution in [0.1, 0.15) is 24.3 Å².